The molecule has 33 heavy (non-hydrogen) atoms. The van der Waals surface area contributed by atoms with Crippen molar-refractivity contribution < 1.29 is 18.9 Å². The van der Waals surface area contributed by atoms with Crippen LogP contribution in [0.4, 0.5) is 0 Å². The molecule has 2 N–H and O–H groups in total. The molecule has 1 aliphatic heterocycles. The first-order valence-electron chi connectivity index (χ1n) is 11.2. The van der Waals surface area contributed by atoms with Crippen molar-refractivity contribution in [2.24, 2.45) is 10.9 Å². The quantitative estimate of drug-likeness (QED) is 0.253. The van der Waals surface area contributed by atoms with Crippen molar-refractivity contribution in [2.75, 3.05) is 40.6 Å². The zero-order valence-corrected chi connectivity index (χ0v) is 22.3. The minimum atomic E-state index is 0. The van der Waals surface area contributed by atoms with Crippen LogP contribution in [0.2, 0.25) is 0 Å². The van der Waals surface area contributed by atoms with Gasteiger partial charge < -0.3 is 29.6 Å². The predicted molar refractivity (Wildman–Crippen MR) is 142 cm³/mol. The Morgan fingerprint density at radius 3 is 2.58 bits per heavy atom. The van der Waals surface area contributed by atoms with Gasteiger partial charge in [0.2, 0.25) is 0 Å². The number of aliphatic imine (C=N–C) groups is 1. The SMILES string of the molecule is CCNC(=NCc1ccc(OC)cc1OC)NCc1ccc(C)cc1OCC1CCOC1.I. The molecule has 1 unspecified atom stereocenters. The van der Waals surface area contributed by atoms with E-state index in [0.29, 0.717) is 25.6 Å². The van der Waals surface area contributed by atoms with Crippen LogP contribution >= 0.6 is 24.0 Å². The highest BCUT2D eigenvalue weighted by Crippen LogP contribution is 2.25. The number of nitrogens with zero attached hydrogens (tertiary/aromatic N) is 1. The summed E-state index contributed by atoms with van der Waals surface area (Å²) in [5, 5.41) is 6.73. The Labute approximate surface area is 214 Å². The normalized spacial score (nSPS) is 15.5. The van der Waals surface area contributed by atoms with E-state index in [2.05, 4.69) is 42.7 Å². The fourth-order valence-corrected chi connectivity index (χ4v) is 3.53. The van der Waals surface area contributed by atoms with Gasteiger partial charge in [-0.2, -0.15) is 0 Å². The number of guanidine groups is 1. The van der Waals surface area contributed by atoms with Gasteiger partial charge in [0.25, 0.3) is 0 Å². The molecule has 2 aromatic carbocycles. The summed E-state index contributed by atoms with van der Waals surface area (Å²) in [5.74, 6) is 3.64. The Bertz CT molecular complexity index is 901. The summed E-state index contributed by atoms with van der Waals surface area (Å²) in [7, 11) is 3.30. The molecule has 0 radical (unpaired) electrons. The molecule has 3 rings (SSSR count). The van der Waals surface area contributed by atoms with E-state index >= 15 is 0 Å². The summed E-state index contributed by atoms with van der Waals surface area (Å²) >= 11 is 0. The molecule has 1 aliphatic rings. The monoisotopic (exact) mass is 569 g/mol. The molecule has 8 heteroatoms. The Balaban J connectivity index is 0.00000385. The van der Waals surface area contributed by atoms with Crippen LogP contribution in [0.1, 0.15) is 30.0 Å². The summed E-state index contributed by atoms with van der Waals surface area (Å²) in [6.07, 6.45) is 1.06. The molecule has 0 spiro atoms. The van der Waals surface area contributed by atoms with Crippen molar-refractivity contribution in [1.82, 2.24) is 10.6 Å². The first-order chi connectivity index (χ1) is 15.6. The van der Waals surface area contributed by atoms with Crippen LogP contribution in [-0.2, 0) is 17.8 Å². The number of ether oxygens (including phenoxy) is 4. The van der Waals surface area contributed by atoms with Gasteiger partial charge in [0.15, 0.2) is 5.96 Å². The number of benzene rings is 2. The first kappa shape index (κ1) is 27.0. The lowest BCUT2D eigenvalue weighted by Gasteiger charge is -2.17. The smallest absolute Gasteiger partial charge is 0.191 e. The third kappa shape index (κ3) is 8.26. The fraction of sp³-hybridized carbons (Fsp3) is 0.480. The van der Waals surface area contributed by atoms with Crippen LogP contribution in [0.3, 0.4) is 0 Å². The van der Waals surface area contributed by atoms with Gasteiger partial charge in [-0.1, -0.05) is 12.1 Å². The predicted octanol–water partition coefficient (Wildman–Crippen LogP) is 4.30. The zero-order chi connectivity index (χ0) is 22.8. The molecule has 0 bridgehead atoms. The lowest BCUT2D eigenvalue weighted by Crippen LogP contribution is -2.36. The highest BCUT2D eigenvalue weighted by atomic mass is 127. The second kappa shape index (κ2) is 14.1. The van der Waals surface area contributed by atoms with Crippen molar-refractivity contribution in [3.63, 3.8) is 0 Å². The largest absolute Gasteiger partial charge is 0.497 e. The van der Waals surface area contributed by atoms with E-state index in [4.69, 9.17) is 23.9 Å². The molecule has 7 nitrogen and oxygen atoms in total. The summed E-state index contributed by atoms with van der Waals surface area (Å²) in [5.41, 5.74) is 3.27. The van der Waals surface area contributed by atoms with Crippen LogP contribution in [-0.4, -0.2) is 46.5 Å². The summed E-state index contributed by atoms with van der Waals surface area (Å²) in [4.78, 5) is 4.74. The highest BCUT2D eigenvalue weighted by molar-refractivity contribution is 14.0. The van der Waals surface area contributed by atoms with Crippen LogP contribution < -0.4 is 24.8 Å². The van der Waals surface area contributed by atoms with Crippen LogP contribution in [0.25, 0.3) is 0 Å². The van der Waals surface area contributed by atoms with Crippen molar-refractivity contribution in [3.05, 3.63) is 53.1 Å². The average molecular weight is 569 g/mol. The Morgan fingerprint density at radius 1 is 1.06 bits per heavy atom. The molecule has 1 atom stereocenters. The number of hydrogen-bond acceptors (Lipinski definition) is 5. The maximum atomic E-state index is 6.17. The first-order valence-corrected chi connectivity index (χ1v) is 11.2. The standard InChI is InChI=1S/C25H35N3O4.HI/c1-5-26-25(27-14-20-8-9-22(29-3)13-23(20)30-4)28-15-21-7-6-18(2)12-24(21)32-17-19-10-11-31-16-19;/h6-9,12-13,19H,5,10-11,14-17H2,1-4H3,(H2,26,27,28);1H. The van der Waals surface area contributed by atoms with E-state index in [1.165, 1.54) is 5.56 Å². The number of halogens is 1. The molecule has 2 aromatic rings. The maximum Gasteiger partial charge on any atom is 0.191 e. The van der Waals surface area contributed by atoms with E-state index in [1.807, 2.05) is 18.2 Å². The second-order valence-corrected chi connectivity index (χ2v) is 7.88. The number of rotatable bonds is 10. The average Bonchev–Trinajstić information content (AvgIpc) is 3.34. The van der Waals surface area contributed by atoms with Crippen molar-refractivity contribution in [1.29, 1.82) is 0 Å². The molecule has 0 amide bonds. The van der Waals surface area contributed by atoms with Crippen molar-refractivity contribution in [2.45, 2.75) is 33.4 Å². The highest BCUT2D eigenvalue weighted by Gasteiger charge is 2.17. The van der Waals surface area contributed by atoms with E-state index in [0.717, 1.165) is 60.5 Å². The van der Waals surface area contributed by atoms with E-state index in [-0.39, 0.29) is 24.0 Å². The number of aryl methyl sites for hydroxylation is 1. The molecule has 1 heterocycles. The summed E-state index contributed by atoms with van der Waals surface area (Å²) in [6.45, 7) is 8.30. The van der Waals surface area contributed by atoms with Crippen molar-refractivity contribution >= 4 is 29.9 Å². The van der Waals surface area contributed by atoms with Crippen LogP contribution in [0, 0.1) is 12.8 Å². The molecule has 0 aromatic heterocycles. The topological polar surface area (TPSA) is 73.3 Å². The van der Waals surface area contributed by atoms with Gasteiger partial charge in [-0.15, -0.1) is 24.0 Å². The van der Waals surface area contributed by atoms with Crippen LogP contribution in [0.15, 0.2) is 41.4 Å². The third-order valence-electron chi connectivity index (χ3n) is 5.41. The maximum absolute atomic E-state index is 6.17. The van der Waals surface area contributed by atoms with Gasteiger partial charge in [0, 0.05) is 42.8 Å². The van der Waals surface area contributed by atoms with Gasteiger partial charge in [0.05, 0.1) is 34.0 Å². The lowest BCUT2D eigenvalue weighted by molar-refractivity contribution is 0.166. The van der Waals surface area contributed by atoms with Gasteiger partial charge in [-0.05, 0) is 44.0 Å². The van der Waals surface area contributed by atoms with Gasteiger partial charge in [-0.3, -0.25) is 0 Å². The van der Waals surface area contributed by atoms with Gasteiger partial charge in [0.1, 0.15) is 17.2 Å². The number of methoxy groups -OCH3 is 2. The molecule has 182 valence electrons. The number of hydrogen-bond donors (Lipinski definition) is 2. The van der Waals surface area contributed by atoms with E-state index in [9.17, 15) is 0 Å². The second-order valence-electron chi connectivity index (χ2n) is 7.88. The Morgan fingerprint density at radius 2 is 1.88 bits per heavy atom. The Kier molecular flexibility index (Phi) is 11.6. The van der Waals surface area contributed by atoms with Crippen LogP contribution in [0.5, 0.6) is 17.2 Å². The molecule has 1 fully saturated rings. The molecular formula is C25H36IN3O4. The van der Waals surface area contributed by atoms with Gasteiger partial charge >= 0.3 is 0 Å². The molecule has 0 aliphatic carbocycles. The van der Waals surface area contributed by atoms with Gasteiger partial charge in [-0.25, -0.2) is 4.99 Å². The zero-order valence-electron chi connectivity index (χ0n) is 20.0. The van der Waals surface area contributed by atoms with E-state index < -0.39 is 0 Å². The summed E-state index contributed by atoms with van der Waals surface area (Å²) < 4.78 is 22.4. The number of nitrogens with one attached hydrogen (secondary N) is 2. The minimum absolute atomic E-state index is 0. The molecule has 0 saturated carbocycles. The lowest BCUT2D eigenvalue weighted by atomic mass is 10.1. The van der Waals surface area contributed by atoms with Crippen molar-refractivity contribution in [3.8, 4) is 17.2 Å². The third-order valence-corrected chi connectivity index (χ3v) is 5.41. The van der Waals surface area contributed by atoms with E-state index in [1.54, 1.807) is 14.2 Å². The molecular weight excluding hydrogens is 533 g/mol. The Hall–Kier alpha value is -2.20. The fourth-order valence-electron chi connectivity index (χ4n) is 3.53. The summed E-state index contributed by atoms with van der Waals surface area (Å²) in [6, 6.07) is 12.1. The molecule has 1 saturated heterocycles. The minimum Gasteiger partial charge on any atom is -0.497 e.